The second-order valence-corrected chi connectivity index (χ2v) is 10.4. The van der Waals surface area contributed by atoms with E-state index >= 15 is 0 Å². The lowest BCUT2D eigenvalue weighted by Gasteiger charge is -2.27. The number of rotatable bonds is 15. The maximum absolute atomic E-state index is 12.6. The number of carbonyl (C=O) groups is 1. The minimum Gasteiger partial charge on any atom is -0.481 e. The van der Waals surface area contributed by atoms with Crippen molar-refractivity contribution in [3.05, 3.63) is 24.8 Å². The third-order valence-corrected chi connectivity index (χ3v) is 7.79. The highest BCUT2D eigenvalue weighted by molar-refractivity contribution is 7.91. The van der Waals surface area contributed by atoms with Gasteiger partial charge in [0.1, 0.15) is 0 Å². The van der Waals surface area contributed by atoms with E-state index < -0.39 is 15.8 Å². The van der Waals surface area contributed by atoms with Crippen LogP contribution in [-0.2, 0) is 19.4 Å². The molecule has 2 bridgehead atoms. The lowest BCUT2D eigenvalue weighted by molar-refractivity contribution is -0.137. The summed E-state index contributed by atoms with van der Waals surface area (Å²) in [4.78, 5) is 10.5. The molecule has 2 aliphatic heterocycles. The maximum Gasteiger partial charge on any atom is 0.303 e. The van der Waals surface area contributed by atoms with Crippen molar-refractivity contribution in [1.82, 2.24) is 0 Å². The Hall–Kier alpha value is -1.14. The van der Waals surface area contributed by atoms with E-state index in [9.17, 15) is 13.2 Å². The zero-order valence-corrected chi connectivity index (χ0v) is 17.7. The molecule has 0 unspecified atom stereocenters. The molecule has 160 valence electrons. The van der Waals surface area contributed by atoms with Gasteiger partial charge in [-0.05, 0) is 57.3 Å². The SMILES string of the molecule is C=CCCCCCCS(=O)(=O)C[C@@H]1[C@@H](C/C=C\CCCC(=O)O)[C@H]2CC[C@@H]1O2. The summed E-state index contributed by atoms with van der Waals surface area (Å²) in [6.07, 6.45) is 15.6. The average molecular weight is 413 g/mol. The van der Waals surface area contributed by atoms with Crippen LogP contribution in [0.3, 0.4) is 0 Å². The van der Waals surface area contributed by atoms with Crippen molar-refractivity contribution >= 4 is 15.8 Å². The molecule has 1 N–H and O–H groups in total. The number of aliphatic carboxylic acids is 1. The van der Waals surface area contributed by atoms with E-state index in [4.69, 9.17) is 9.84 Å². The lowest BCUT2D eigenvalue weighted by atomic mass is 9.78. The van der Waals surface area contributed by atoms with Gasteiger partial charge in [0.05, 0.1) is 23.7 Å². The van der Waals surface area contributed by atoms with Gasteiger partial charge in [-0.25, -0.2) is 8.42 Å². The van der Waals surface area contributed by atoms with E-state index in [1.165, 1.54) is 0 Å². The van der Waals surface area contributed by atoms with E-state index in [2.05, 4.69) is 12.7 Å². The van der Waals surface area contributed by atoms with Crippen LogP contribution in [0.4, 0.5) is 0 Å². The molecule has 2 saturated heterocycles. The summed E-state index contributed by atoms with van der Waals surface area (Å²) in [5.41, 5.74) is 0. The van der Waals surface area contributed by atoms with Gasteiger partial charge in [0, 0.05) is 12.3 Å². The molecule has 0 aromatic heterocycles. The highest BCUT2D eigenvalue weighted by Gasteiger charge is 2.49. The summed E-state index contributed by atoms with van der Waals surface area (Å²) in [6, 6.07) is 0. The van der Waals surface area contributed by atoms with Crippen molar-refractivity contribution < 1.29 is 23.1 Å². The Labute approximate surface area is 170 Å². The summed E-state index contributed by atoms with van der Waals surface area (Å²) in [6.45, 7) is 3.71. The van der Waals surface area contributed by atoms with E-state index in [0.29, 0.717) is 6.42 Å². The summed E-state index contributed by atoms with van der Waals surface area (Å²) in [5.74, 6) is 0.149. The van der Waals surface area contributed by atoms with Gasteiger partial charge in [-0.1, -0.05) is 31.1 Å². The number of ether oxygens (including phenoxy) is 1. The predicted octanol–water partition coefficient (Wildman–Crippen LogP) is 4.53. The summed E-state index contributed by atoms with van der Waals surface area (Å²) >= 11 is 0. The van der Waals surface area contributed by atoms with Crippen LogP contribution in [-0.4, -0.2) is 43.2 Å². The normalized spacial score (nSPS) is 26.9. The second-order valence-electron chi connectivity index (χ2n) is 8.22. The fourth-order valence-electron chi connectivity index (χ4n) is 4.51. The van der Waals surface area contributed by atoms with Crippen LogP contribution in [0.2, 0.25) is 0 Å². The molecule has 2 aliphatic rings. The first kappa shape index (κ1) is 23.1. The minimum absolute atomic E-state index is 0.0952. The van der Waals surface area contributed by atoms with Crippen LogP contribution in [0, 0.1) is 11.8 Å². The van der Waals surface area contributed by atoms with E-state index in [1.807, 2.05) is 12.2 Å². The first-order valence-corrected chi connectivity index (χ1v) is 12.6. The van der Waals surface area contributed by atoms with Crippen LogP contribution in [0.25, 0.3) is 0 Å². The van der Waals surface area contributed by atoms with E-state index in [-0.39, 0.29) is 42.0 Å². The third-order valence-electron chi connectivity index (χ3n) is 5.99. The molecule has 2 heterocycles. The highest BCUT2D eigenvalue weighted by atomic mass is 32.2. The maximum atomic E-state index is 12.6. The zero-order chi connectivity index (χ0) is 20.4. The van der Waals surface area contributed by atoms with Crippen LogP contribution in [0.5, 0.6) is 0 Å². The number of hydrogen-bond donors (Lipinski definition) is 1. The molecular formula is C22H36O5S. The second kappa shape index (κ2) is 11.8. The minimum atomic E-state index is -3.05. The lowest BCUT2D eigenvalue weighted by Crippen LogP contribution is -2.33. The molecule has 5 nitrogen and oxygen atoms in total. The number of hydrogen-bond acceptors (Lipinski definition) is 4. The molecule has 0 aromatic carbocycles. The van der Waals surface area contributed by atoms with Crippen molar-refractivity contribution in [2.75, 3.05) is 11.5 Å². The molecule has 6 heteroatoms. The van der Waals surface area contributed by atoms with Crippen molar-refractivity contribution in [1.29, 1.82) is 0 Å². The van der Waals surface area contributed by atoms with Crippen LogP contribution in [0.15, 0.2) is 24.8 Å². The fourth-order valence-corrected chi connectivity index (χ4v) is 6.37. The predicted molar refractivity (Wildman–Crippen MR) is 112 cm³/mol. The van der Waals surface area contributed by atoms with Crippen molar-refractivity contribution in [2.24, 2.45) is 11.8 Å². The van der Waals surface area contributed by atoms with Gasteiger partial charge in [-0.3, -0.25) is 4.79 Å². The Morgan fingerprint density at radius 3 is 2.43 bits per heavy atom. The molecule has 0 saturated carbocycles. The highest BCUT2D eigenvalue weighted by Crippen LogP contribution is 2.45. The van der Waals surface area contributed by atoms with Gasteiger partial charge in [-0.15, -0.1) is 6.58 Å². The standard InChI is InChI=1S/C22H36O5S/c1-2-3-4-5-8-11-16-28(25,26)17-19-18(20-14-15-21(19)27-20)12-9-6-7-10-13-22(23)24/h2,6,9,18-21H,1,3-5,7-8,10-17H2,(H,23,24)/b9-6-/t18-,19-,20-,21+/m1/s1. The molecular weight excluding hydrogens is 376 g/mol. The molecule has 0 radical (unpaired) electrons. The van der Waals surface area contributed by atoms with Crippen molar-refractivity contribution in [2.45, 2.75) is 82.8 Å². The number of sulfone groups is 1. The molecule has 0 amide bonds. The number of fused-ring (bicyclic) bond motifs is 2. The number of unbranched alkanes of at least 4 members (excludes halogenated alkanes) is 5. The molecule has 0 aliphatic carbocycles. The van der Waals surface area contributed by atoms with E-state index in [0.717, 1.165) is 57.8 Å². The molecule has 0 aromatic rings. The number of carboxylic acids is 1. The van der Waals surface area contributed by atoms with Crippen molar-refractivity contribution in [3.8, 4) is 0 Å². The summed E-state index contributed by atoms with van der Waals surface area (Å²) in [5, 5.41) is 8.67. The Kier molecular flexibility index (Phi) is 9.72. The van der Waals surface area contributed by atoms with Crippen LogP contribution in [0.1, 0.15) is 70.6 Å². The molecule has 4 atom stereocenters. The van der Waals surface area contributed by atoms with Gasteiger partial charge in [-0.2, -0.15) is 0 Å². The van der Waals surface area contributed by atoms with Gasteiger partial charge in [0.25, 0.3) is 0 Å². The molecule has 0 spiro atoms. The van der Waals surface area contributed by atoms with Crippen LogP contribution < -0.4 is 0 Å². The Morgan fingerprint density at radius 1 is 1.00 bits per heavy atom. The molecule has 28 heavy (non-hydrogen) atoms. The monoisotopic (exact) mass is 412 g/mol. The average Bonchev–Trinajstić information content (AvgIpc) is 3.23. The fraction of sp³-hybridized carbons (Fsp3) is 0.773. The number of allylic oxidation sites excluding steroid dienone is 3. The quantitative estimate of drug-likeness (QED) is 0.316. The molecule has 2 fully saturated rings. The first-order valence-electron chi connectivity index (χ1n) is 10.8. The van der Waals surface area contributed by atoms with E-state index in [1.54, 1.807) is 0 Å². The van der Waals surface area contributed by atoms with Gasteiger partial charge >= 0.3 is 5.97 Å². The summed E-state index contributed by atoms with van der Waals surface area (Å²) in [7, 11) is -3.05. The number of carboxylic acid groups (broad SMARTS) is 1. The van der Waals surface area contributed by atoms with Gasteiger partial charge in [0.15, 0.2) is 9.84 Å². The Bertz CT molecular complexity index is 625. The largest absolute Gasteiger partial charge is 0.481 e. The van der Waals surface area contributed by atoms with Crippen molar-refractivity contribution in [3.63, 3.8) is 0 Å². The third kappa shape index (κ3) is 7.70. The Balaban J connectivity index is 1.77. The van der Waals surface area contributed by atoms with Gasteiger partial charge < -0.3 is 9.84 Å². The summed E-state index contributed by atoms with van der Waals surface area (Å²) < 4.78 is 31.3. The van der Waals surface area contributed by atoms with Crippen LogP contribution >= 0.6 is 0 Å². The molecule has 2 rings (SSSR count). The zero-order valence-electron chi connectivity index (χ0n) is 16.9. The van der Waals surface area contributed by atoms with Gasteiger partial charge in [0.2, 0.25) is 0 Å². The first-order chi connectivity index (χ1) is 13.4. The topological polar surface area (TPSA) is 80.7 Å². The Morgan fingerprint density at radius 2 is 1.71 bits per heavy atom. The smallest absolute Gasteiger partial charge is 0.303 e.